The molecule has 0 saturated heterocycles. The molecule has 0 spiro atoms. The minimum Gasteiger partial charge on any atom is -0.454 e. The maximum Gasteiger partial charge on any atom is 0.263 e. The quantitative estimate of drug-likeness (QED) is 0.463. The van der Waals surface area contributed by atoms with Crippen LogP contribution < -0.4 is 15.0 Å². The topological polar surface area (TPSA) is 73.7 Å². The highest BCUT2D eigenvalue weighted by Gasteiger charge is 2.18. The highest BCUT2D eigenvalue weighted by molar-refractivity contribution is 7.17. The number of nitrogens with zero attached hydrogens (tertiary/aromatic N) is 3. The second kappa shape index (κ2) is 8.08. The maximum absolute atomic E-state index is 13.3. The van der Waals surface area contributed by atoms with Gasteiger partial charge in [0.1, 0.15) is 17.2 Å². The van der Waals surface area contributed by atoms with Gasteiger partial charge < -0.3 is 14.4 Å². The molecule has 5 rings (SSSR count). The molecule has 1 aliphatic heterocycles. The van der Waals surface area contributed by atoms with Crippen LogP contribution in [0.25, 0.3) is 21.3 Å². The van der Waals surface area contributed by atoms with Gasteiger partial charge in [-0.05, 0) is 35.4 Å². The molecule has 0 atom stereocenters. The monoisotopic (exact) mass is 451 g/mol. The van der Waals surface area contributed by atoms with Crippen molar-refractivity contribution in [3.63, 3.8) is 0 Å². The normalized spacial score (nSPS) is 12.3. The fourth-order valence-electron chi connectivity index (χ4n) is 3.59. The lowest BCUT2D eigenvalue weighted by atomic mass is 10.1. The van der Waals surface area contributed by atoms with E-state index in [1.807, 2.05) is 23.6 Å². The van der Waals surface area contributed by atoms with Crippen LogP contribution in [-0.4, -0.2) is 34.2 Å². The molecule has 1 aliphatic rings. The van der Waals surface area contributed by atoms with E-state index in [1.165, 1.54) is 34.4 Å². The number of rotatable bonds is 5. The Morgan fingerprint density at radius 3 is 2.78 bits per heavy atom. The van der Waals surface area contributed by atoms with Crippen molar-refractivity contribution in [2.45, 2.75) is 13.1 Å². The molecule has 0 N–H and O–H groups in total. The van der Waals surface area contributed by atoms with Crippen LogP contribution in [0.3, 0.4) is 0 Å². The first-order valence-electron chi connectivity index (χ1n) is 9.84. The van der Waals surface area contributed by atoms with Crippen molar-refractivity contribution in [3.05, 3.63) is 75.9 Å². The lowest BCUT2D eigenvalue weighted by molar-refractivity contribution is -0.131. The molecule has 0 unspecified atom stereocenters. The third kappa shape index (κ3) is 3.71. The van der Waals surface area contributed by atoms with Crippen LogP contribution in [0, 0.1) is 5.82 Å². The molecule has 9 heteroatoms. The molecule has 0 bridgehead atoms. The number of fused-ring (bicyclic) bond motifs is 2. The SMILES string of the molecule is CN(Cc1ccc2c(c1)OCO2)C(=O)Cn1cnc2scc(-c3ccc(F)cc3)c2c1=O. The zero-order chi connectivity index (χ0) is 22.2. The van der Waals surface area contributed by atoms with E-state index in [0.29, 0.717) is 33.8 Å². The van der Waals surface area contributed by atoms with Crippen molar-refractivity contribution >= 4 is 27.5 Å². The van der Waals surface area contributed by atoms with Gasteiger partial charge in [0.25, 0.3) is 5.56 Å². The summed E-state index contributed by atoms with van der Waals surface area (Å²) in [6.07, 6.45) is 1.39. The summed E-state index contributed by atoms with van der Waals surface area (Å²) in [6.45, 7) is 0.412. The van der Waals surface area contributed by atoms with E-state index in [2.05, 4.69) is 4.98 Å². The number of thiophene rings is 1. The summed E-state index contributed by atoms with van der Waals surface area (Å²) < 4.78 is 25.3. The summed E-state index contributed by atoms with van der Waals surface area (Å²) in [7, 11) is 1.68. The Hall–Kier alpha value is -3.72. The average Bonchev–Trinajstić information content (AvgIpc) is 3.43. The number of hydrogen-bond donors (Lipinski definition) is 0. The Morgan fingerprint density at radius 1 is 1.19 bits per heavy atom. The van der Waals surface area contributed by atoms with Crippen LogP contribution in [0.2, 0.25) is 0 Å². The summed E-state index contributed by atoms with van der Waals surface area (Å²) >= 11 is 1.34. The van der Waals surface area contributed by atoms with E-state index in [4.69, 9.17) is 9.47 Å². The summed E-state index contributed by atoms with van der Waals surface area (Å²) in [6, 6.07) is 11.5. The van der Waals surface area contributed by atoms with E-state index in [-0.39, 0.29) is 30.6 Å². The molecule has 1 amide bonds. The van der Waals surface area contributed by atoms with Gasteiger partial charge in [-0.3, -0.25) is 14.2 Å². The fourth-order valence-corrected chi connectivity index (χ4v) is 4.50. The zero-order valence-corrected chi connectivity index (χ0v) is 17.9. The van der Waals surface area contributed by atoms with Crippen molar-refractivity contribution in [1.82, 2.24) is 14.5 Å². The van der Waals surface area contributed by atoms with Crippen LogP contribution in [-0.2, 0) is 17.9 Å². The molecule has 0 aliphatic carbocycles. The number of aromatic nitrogens is 2. The first kappa shape index (κ1) is 20.2. The number of benzene rings is 2. The highest BCUT2D eigenvalue weighted by atomic mass is 32.1. The predicted molar refractivity (Wildman–Crippen MR) is 118 cm³/mol. The number of carbonyl (C=O) groups is 1. The molecule has 4 aromatic rings. The molecule has 7 nitrogen and oxygen atoms in total. The van der Waals surface area contributed by atoms with E-state index >= 15 is 0 Å². The fraction of sp³-hybridized carbons (Fsp3) is 0.174. The van der Waals surface area contributed by atoms with Crippen LogP contribution >= 0.6 is 11.3 Å². The number of hydrogen-bond acceptors (Lipinski definition) is 6. The number of halogens is 1. The number of carbonyl (C=O) groups excluding carboxylic acids is 1. The molecular formula is C23H18FN3O4S. The van der Waals surface area contributed by atoms with E-state index in [1.54, 1.807) is 24.1 Å². The third-order valence-electron chi connectivity index (χ3n) is 5.30. The van der Waals surface area contributed by atoms with Crippen molar-refractivity contribution in [3.8, 4) is 22.6 Å². The van der Waals surface area contributed by atoms with Crippen molar-refractivity contribution < 1.29 is 18.7 Å². The van der Waals surface area contributed by atoms with Gasteiger partial charge in [0.15, 0.2) is 11.5 Å². The number of ether oxygens (including phenoxy) is 2. The maximum atomic E-state index is 13.3. The standard InChI is InChI=1S/C23H18FN3O4S/c1-26(9-14-2-7-18-19(8-14)31-13-30-18)20(28)10-27-12-25-22-21(23(27)29)17(11-32-22)15-3-5-16(24)6-4-15/h2-8,11-12H,9-10,13H2,1H3. The Kier molecular flexibility index (Phi) is 5.10. The molecule has 3 heterocycles. The minimum absolute atomic E-state index is 0.137. The van der Waals surface area contributed by atoms with E-state index < -0.39 is 0 Å². The first-order chi connectivity index (χ1) is 15.5. The largest absolute Gasteiger partial charge is 0.454 e. The Balaban J connectivity index is 1.38. The summed E-state index contributed by atoms with van der Waals surface area (Å²) in [5.41, 5.74) is 1.99. The van der Waals surface area contributed by atoms with E-state index in [9.17, 15) is 14.0 Å². The predicted octanol–water partition coefficient (Wildman–Crippen LogP) is 3.65. The lowest BCUT2D eigenvalue weighted by Crippen LogP contribution is -2.33. The number of amides is 1. The Labute approximate surface area is 186 Å². The minimum atomic E-state index is -0.347. The van der Waals surface area contributed by atoms with Gasteiger partial charge >= 0.3 is 0 Å². The molecule has 0 radical (unpaired) electrons. The summed E-state index contributed by atoms with van der Waals surface area (Å²) in [5.74, 6) is 0.755. The number of likely N-dealkylation sites (N-methyl/N-ethyl adjacent to an activating group) is 1. The highest BCUT2D eigenvalue weighted by Crippen LogP contribution is 2.33. The summed E-state index contributed by atoms with van der Waals surface area (Å²) in [4.78, 5) is 32.4. The van der Waals surface area contributed by atoms with Gasteiger partial charge in [-0.2, -0.15) is 0 Å². The molecule has 0 fully saturated rings. The van der Waals surface area contributed by atoms with Gasteiger partial charge in [-0.1, -0.05) is 18.2 Å². The van der Waals surface area contributed by atoms with Crippen molar-refractivity contribution in [1.29, 1.82) is 0 Å². The first-order valence-corrected chi connectivity index (χ1v) is 10.7. The second-order valence-electron chi connectivity index (χ2n) is 7.45. The van der Waals surface area contributed by atoms with Crippen LogP contribution in [0.1, 0.15) is 5.56 Å². The van der Waals surface area contributed by atoms with Crippen LogP contribution in [0.15, 0.2) is 59.0 Å². The smallest absolute Gasteiger partial charge is 0.263 e. The zero-order valence-electron chi connectivity index (χ0n) is 17.1. The van der Waals surface area contributed by atoms with Gasteiger partial charge in [0.05, 0.1) is 11.7 Å². The molecular weight excluding hydrogens is 433 g/mol. The molecule has 0 saturated carbocycles. The van der Waals surface area contributed by atoms with Crippen molar-refractivity contribution in [2.24, 2.45) is 0 Å². The van der Waals surface area contributed by atoms with Crippen LogP contribution in [0.4, 0.5) is 4.39 Å². The average molecular weight is 451 g/mol. The van der Waals surface area contributed by atoms with Gasteiger partial charge in [0, 0.05) is 24.5 Å². The lowest BCUT2D eigenvalue weighted by Gasteiger charge is -2.18. The molecule has 32 heavy (non-hydrogen) atoms. The second-order valence-corrected chi connectivity index (χ2v) is 8.31. The van der Waals surface area contributed by atoms with E-state index in [0.717, 1.165) is 11.1 Å². The van der Waals surface area contributed by atoms with Crippen LogP contribution in [0.5, 0.6) is 11.5 Å². The summed E-state index contributed by atoms with van der Waals surface area (Å²) in [5, 5.41) is 2.25. The van der Waals surface area contributed by atoms with Gasteiger partial charge in [-0.25, -0.2) is 9.37 Å². The molecule has 2 aromatic heterocycles. The van der Waals surface area contributed by atoms with Crippen molar-refractivity contribution in [2.75, 3.05) is 13.8 Å². The Bertz CT molecular complexity index is 1380. The molecule has 162 valence electrons. The molecule has 2 aromatic carbocycles. The Morgan fingerprint density at radius 2 is 1.97 bits per heavy atom. The van der Waals surface area contributed by atoms with Gasteiger partial charge in [-0.15, -0.1) is 11.3 Å². The van der Waals surface area contributed by atoms with Gasteiger partial charge in [0.2, 0.25) is 12.7 Å². The third-order valence-corrected chi connectivity index (χ3v) is 6.19.